The minimum Gasteiger partial charge on any atom is -0.465 e. The molecule has 1 aromatic heterocycles. The van der Waals surface area contributed by atoms with Gasteiger partial charge in [0.1, 0.15) is 6.54 Å². The molecule has 1 aromatic carbocycles. The monoisotopic (exact) mass is 476 g/mol. The maximum Gasteiger partial charge on any atom is 0.353 e. The zero-order chi connectivity index (χ0) is 24.0. The van der Waals surface area contributed by atoms with E-state index in [9.17, 15) is 19.1 Å². The second-order valence-electron chi connectivity index (χ2n) is 7.74. The SMILES string of the molecule is CCOC(=O)CN(Cc1cccc(CN2CCCC2)c1)c1nc(S(C)=O)nc(N)c1[N+](=O)[O-]. The minimum atomic E-state index is -1.63. The zero-order valence-corrected chi connectivity index (χ0v) is 19.5. The number of aromatic nitrogens is 2. The molecule has 2 aromatic rings. The molecule has 2 heterocycles. The van der Waals surface area contributed by atoms with Crippen molar-refractivity contribution < 1.29 is 18.7 Å². The maximum absolute atomic E-state index is 12.3. The van der Waals surface area contributed by atoms with Crippen LogP contribution in [-0.4, -0.2) is 62.5 Å². The fourth-order valence-corrected chi connectivity index (χ4v) is 4.22. The van der Waals surface area contributed by atoms with Crippen LogP contribution < -0.4 is 10.6 Å². The highest BCUT2D eigenvalue weighted by Gasteiger charge is 2.30. The molecule has 0 spiro atoms. The number of benzene rings is 1. The van der Waals surface area contributed by atoms with Crippen molar-refractivity contribution in [2.75, 3.05) is 43.1 Å². The molecule has 0 bridgehead atoms. The fraction of sp³-hybridized carbons (Fsp3) is 0.476. The van der Waals surface area contributed by atoms with Gasteiger partial charge in [-0.25, -0.2) is 0 Å². The van der Waals surface area contributed by atoms with Crippen molar-refractivity contribution >= 4 is 34.1 Å². The van der Waals surface area contributed by atoms with E-state index >= 15 is 0 Å². The van der Waals surface area contributed by atoms with Gasteiger partial charge in [-0.3, -0.25) is 24.0 Å². The Morgan fingerprint density at radius 1 is 1.30 bits per heavy atom. The molecular formula is C21H28N6O5S. The summed E-state index contributed by atoms with van der Waals surface area (Å²) < 4.78 is 17.1. The number of nitrogens with zero attached hydrogens (tertiary/aromatic N) is 5. The summed E-state index contributed by atoms with van der Waals surface area (Å²) in [6, 6.07) is 7.83. The predicted molar refractivity (Wildman–Crippen MR) is 124 cm³/mol. The first-order valence-corrected chi connectivity index (χ1v) is 12.2. The Balaban J connectivity index is 1.98. The van der Waals surface area contributed by atoms with Crippen molar-refractivity contribution in [3.05, 3.63) is 45.5 Å². The molecule has 178 valence electrons. The predicted octanol–water partition coefficient (Wildman–Crippen LogP) is 1.87. The average Bonchev–Trinajstić information content (AvgIpc) is 3.25. The number of nitro groups is 1. The quantitative estimate of drug-likeness (QED) is 0.233. The molecule has 3 rings (SSSR count). The van der Waals surface area contributed by atoms with Crippen LogP contribution in [0.2, 0.25) is 0 Å². The lowest BCUT2D eigenvalue weighted by Crippen LogP contribution is -2.32. The maximum atomic E-state index is 12.3. The minimum absolute atomic E-state index is 0.139. The van der Waals surface area contributed by atoms with E-state index in [1.165, 1.54) is 24.0 Å². The third-order valence-electron chi connectivity index (χ3n) is 5.21. The zero-order valence-electron chi connectivity index (χ0n) is 18.7. The fourth-order valence-electron chi connectivity index (χ4n) is 3.78. The van der Waals surface area contributed by atoms with Gasteiger partial charge in [0.05, 0.1) is 22.3 Å². The van der Waals surface area contributed by atoms with E-state index in [4.69, 9.17) is 10.5 Å². The lowest BCUT2D eigenvalue weighted by molar-refractivity contribution is -0.383. The number of nitrogen functional groups attached to an aromatic ring is 1. The normalized spacial score (nSPS) is 14.7. The largest absolute Gasteiger partial charge is 0.465 e. The topological polar surface area (TPSA) is 145 Å². The lowest BCUT2D eigenvalue weighted by atomic mass is 10.1. The molecule has 1 aliphatic heterocycles. The summed E-state index contributed by atoms with van der Waals surface area (Å²) in [5.74, 6) is -1.15. The molecule has 1 unspecified atom stereocenters. The van der Waals surface area contributed by atoms with Crippen LogP contribution in [0.4, 0.5) is 17.3 Å². The summed E-state index contributed by atoms with van der Waals surface area (Å²) in [6.45, 7) is 4.61. The van der Waals surface area contributed by atoms with Gasteiger partial charge in [-0.1, -0.05) is 24.3 Å². The van der Waals surface area contributed by atoms with Crippen molar-refractivity contribution in [3.63, 3.8) is 0 Å². The summed E-state index contributed by atoms with van der Waals surface area (Å²) in [5, 5.41) is 11.6. The second-order valence-corrected chi connectivity index (χ2v) is 9.01. The number of hydrogen-bond acceptors (Lipinski definition) is 10. The number of likely N-dealkylation sites (tertiary alicyclic amines) is 1. The smallest absolute Gasteiger partial charge is 0.353 e. The second kappa shape index (κ2) is 11.1. The van der Waals surface area contributed by atoms with E-state index in [2.05, 4.69) is 14.9 Å². The van der Waals surface area contributed by atoms with E-state index < -0.39 is 33.2 Å². The van der Waals surface area contributed by atoms with Crippen molar-refractivity contribution in [1.82, 2.24) is 14.9 Å². The van der Waals surface area contributed by atoms with Crippen LogP contribution in [-0.2, 0) is 33.4 Å². The summed E-state index contributed by atoms with van der Waals surface area (Å²) in [4.78, 5) is 35.1. The van der Waals surface area contributed by atoms with Gasteiger partial charge >= 0.3 is 11.7 Å². The van der Waals surface area contributed by atoms with Crippen molar-refractivity contribution in [2.45, 2.75) is 38.0 Å². The van der Waals surface area contributed by atoms with Gasteiger partial charge in [0.15, 0.2) is 0 Å². The molecule has 33 heavy (non-hydrogen) atoms. The number of anilines is 2. The van der Waals surface area contributed by atoms with E-state index in [0.717, 1.165) is 30.8 Å². The molecule has 1 fully saturated rings. The molecule has 11 nitrogen and oxygen atoms in total. The molecule has 12 heteroatoms. The number of nitrogens with two attached hydrogens (primary N) is 1. The average molecular weight is 477 g/mol. The highest BCUT2D eigenvalue weighted by molar-refractivity contribution is 7.84. The summed E-state index contributed by atoms with van der Waals surface area (Å²) in [7, 11) is -1.63. The first kappa shape index (κ1) is 24.5. The van der Waals surface area contributed by atoms with Crippen molar-refractivity contribution in [3.8, 4) is 0 Å². The first-order chi connectivity index (χ1) is 15.8. The molecule has 1 saturated heterocycles. The van der Waals surface area contributed by atoms with Gasteiger partial charge in [-0.15, -0.1) is 0 Å². The number of esters is 1. The van der Waals surface area contributed by atoms with E-state index in [1.807, 2.05) is 24.3 Å². The summed E-state index contributed by atoms with van der Waals surface area (Å²) >= 11 is 0. The van der Waals surface area contributed by atoms with Crippen molar-refractivity contribution in [1.29, 1.82) is 0 Å². The first-order valence-electron chi connectivity index (χ1n) is 10.6. The molecule has 2 N–H and O–H groups in total. The van der Waals surface area contributed by atoms with Crippen LogP contribution in [0.3, 0.4) is 0 Å². The Morgan fingerprint density at radius 2 is 2.00 bits per heavy atom. The Hall–Kier alpha value is -3.12. The van der Waals surface area contributed by atoms with Crippen LogP contribution in [0, 0.1) is 10.1 Å². The Morgan fingerprint density at radius 3 is 2.64 bits per heavy atom. The van der Waals surface area contributed by atoms with Crippen LogP contribution in [0.5, 0.6) is 0 Å². The molecular weight excluding hydrogens is 448 g/mol. The molecule has 0 aliphatic carbocycles. The lowest BCUT2D eigenvalue weighted by Gasteiger charge is -2.23. The van der Waals surface area contributed by atoms with Gasteiger partial charge in [0.2, 0.25) is 16.8 Å². The van der Waals surface area contributed by atoms with E-state index in [0.29, 0.717) is 0 Å². The number of ether oxygens (including phenoxy) is 1. The summed E-state index contributed by atoms with van der Waals surface area (Å²) in [6.07, 6.45) is 3.72. The Bertz CT molecular complexity index is 1040. The number of hydrogen-bond donors (Lipinski definition) is 1. The van der Waals surface area contributed by atoms with Crippen LogP contribution in [0.1, 0.15) is 30.9 Å². The van der Waals surface area contributed by atoms with Crippen LogP contribution >= 0.6 is 0 Å². The number of carbonyl (C=O) groups excluding carboxylic acids is 1. The van der Waals surface area contributed by atoms with Crippen molar-refractivity contribution in [2.24, 2.45) is 0 Å². The van der Waals surface area contributed by atoms with Gasteiger partial charge in [-0.2, -0.15) is 9.97 Å². The molecule has 1 aliphatic rings. The molecule has 0 saturated carbocycles. The van der Waals surface area contributed by atoms with E-state index in [-0.39, 0.29) is 30.7 Å². The van der Waals surface area contributed by atoms with Gasteiger partial charge in [0, 0.05) is 19.3 Å². The Labute approximate surface area is 194 Å². The third kappa shape index (κ3) is 6.45. The third-order valence-corrected chi connectivity index (χ3v) is 5.90. The van der Waals surface area contributed by atoms with Gasteiger partial charge in [-0.05, 0) is 44.0 Å². The Kier molecular flexibility index (Phi) is 8.28. The van der Waals surface area contributed by atoms with E-state index in [1.54, 1.807) is 6.92 Å². The molecule has 0 radical (unpaired) electrons. The number of rotatable bonds is 10. The molecule has 0 amide bonds. The van der Waals surface area contributed by atoms with Crippen LogP contribution in [0.25, 0.3) is 0 Å². The summed E-state index contributed by atoms with van der Waals surface area (Å²) in [5.41, 5.74) is 7.23. The van der Waals surface area contributed by atoms with Crippen LogP contribution in [0.15, 0.2) is 29.4 Å². The highest BCUT2D eigenvalue weighted by atomic mass is 32.2. The number of carbonyl (C=O) groups is 1. The van der Waals surface area contributed by atoms with Gasteiger partial charge < -0.3 is 15.4 Å². The highest BCUT2D eigenvalue weighted by Crippen LogP contribution is 2.32. The standard InChI is InChI=1S/C21H28N6O5S/c1-3-32-17(28)14-26(20-18(27(29)30)19(22)23-21(24-20)33(2)31)13-16-8-6-7-15(11-16)12-25-9-4-5-10-25/h6-8,11H,3-5,9-10,12-14H2,1-2H3,(H2,22,23,24). The molecule has 1 atom stereocenters. The van der Waals surface area contributed by atoms with Gasteiger partial charge in [0.25, 0.3) is 0 Å².